The topological polar surface area (TPSA) is 61.6 Å². The van der Waals surface area contributed by atoms with Crippen molar-refractivity contribution < 1.29 is 0 Å². The van der Waals surface area contributed by atoms with Gasteiger partial charge in [-0.05, 0) is 19.5 Å². The summed E-state index contributed by atoms with van der Waals surface area (Å²) in [7, 11) is 0. The lowest BCUT2D eigenvalue weighted by molar-refractivity contribution is 0.676. The van der Waals surface area contributed by atoms with Crippen LogP contribution >= 0.6 is 11.8 Å². The molecule has 0 spiro atoms. The molecule has 0 radical (unpaired) electrons. The molecule has 0 fully saturated rings. The van der Waals surface area contributed by atoms with Gasteiger partial charge < -0.3 is 5.32 Å². The van der Waals surface area contributed by atoms with Gasteiger partial charge in [-0.2, -0.15) is 5.26 Å². The first kappa shape index (κ1) is 12.0. The van der Waals surface area contributed by atoms with Gasteiger partial charge >= 0.3 is 0 Å². The summed E-state index contributed by atoms with van der Waals surface area (Å²) in [6.45, 7) is 4.71. The summed E-state index contributed by atoms with van der Waals surface area (Å²) in [6, 6.07) is 3.92. The van der Waals surface area contributed by atoms with Crippen molar-refractivity contribution in [3.8, 4) is 6.07 Å². The molecule has 0 aliphatic rings. The molecule has 1 heterocycles. The van der Waals surface area contributed by atoms with Crippen LogP contribution in [0.1, 0.15) is 12.6 Å². The maximum Gasteiger partial charge on any atom is 0.187 e. The fraction of sp³-hybridized carbons (Fsp3) is 0.500. The normalized spacial score (nSPS) is 12.1. The van der Waals surface area contributed by atoms with Crippen LogP contribution < -0.4 is 5.32 Å². The van der Waals surface area contributed by atoms with Crippen LogP contribution in [0.5, 0.6) is 0 Å². The minimum atomic E-state index is -0.135. The monoisotopic (exact) mass is 222 g/mol. The second-order valence-electron chi connectivity index (χ2n) is 3.03. The van der Waals surface area contributed by atoms with Crippen LogP contribution in [-0.2, 0) is 0 Å². The number of nitrogens with zero attached hydrogens (tertiary/aromatic N) is 3. The first-order valence-electron chi connectivity index (χ1n) is 4.81. The lowest BCUT2D eigenvalue weighted by Gasteiger charge is -2.07. The van der Waals surface area contributed by atoms with Gasteiger partial charge in [0, 0.05) is 17.6 Å². The Labute approximate surface area is 94.1 Å². The zero-order chi connectivity index (χ0) is 11.1. The molecule has 5 heteroatoms. The van der Waals surface area contributed by atoms with Crippen LogP contribution in [0.15, 0.2) is 17.4 Å². The Morgan fingerprint density at radius 3 is 3.07 bits per heavy atom. The molecule has 1 unspecified atom stereocenters. The van der Waals surface area contributed by atoms with Crippen molar-refractivity contribution in [3.05, 3.63) is 18.0 Å². The van der Waals surface area contributed by atoms with Gasteiger partial charge in [-0.1, -0.05) is 18.7 Å². The van der Waals surface area contributed by atoms with E-state index in [0.717, 1.165) is 17.4 Å². The first-order chi connectivity index (χ1) is 7.26. The lowest BCUT2D eigenvalue weighted by Crippen LogP contribution is -2.29. The maximum atomic E-state index is 8.82. The summed E-state index contributed by atoms with van der Waals surface area (Å²) >= 11 is 1.50. The van der Waals surface area contributed by atoms with Crippen LogP contribution in [0.2, 0.25) is 0 Å². The average Bonchev–Trinajstić information content (AvgIpc) is 2.24. The van der Waals surface area contributed by atoms with Gasteiger partial charge in [0.15, 0.2) is 5.16 Å². The van der Waals surface area contributed by atoms with Crippen LogP contribution in [0, 0.1) is 18.3 Å². The second-order valence-corrected chi connectivity index (χ2v) is 4.02. The molecule has 4 nitrogen and oxygen atoms in total. The Balaban J connectivity index is 2.46. The van der Waals surface area contributed by atoms with E-state index in [-0.39, 0.29) is 6.04 Å². The molecule has 0 aromatic carbocycles. The SMILES string of the molecule is CCNC(C#N)CSc1nccc(C)n1. The third-order valence-electron chi connectivity index (χ3n) is 1.76. The molecule has 1 rings (SSSR count). The van der Waals surface area contributed by atoms with E-state index >= 15 is 0 Å². The number of hydrogen-bond acceptors (Lipinski definition) is 5. The fourth-order valence-corrected chi connectivity index (χ4v) is 1.89. The Morgan fingerprint density at radius 1 is 1.67 bits per heavy atom. The zero-order valence-electron chi connectivity index (χ0n) is 8.90. The summed E-state index contributed by atoms with van der Waals surface area (Å²) in [5.41, 5.74) is 0.949. The van der Waals surface area contributed by atoms with Crippen molar-refractivity contribution in [2.75, 3.05) is 12.3 Å². The molecule has 0 aliphatic heterocycles. The molecule has 80 valence electrons. The van der Waals surface area contributed by atoms with Gasteiger partial charge in [-0.3, -0.25) is 0 Å². The number of nitriles is 1. The molecule has 0 amide bonds. The lowest BCUT2D eigenvalue weighted by atomic mass is 10.4. The van der Waals surface area contributed by atoms with Gasteiger partial charge in [-0.15, -0.1) is 0 Å². The van der Waals surface area contributed by atoms with E-state index in [1.807, 2.05) is 19.9 Å². The summed E-state index contributed by atoms with van der Waals surface area (Å²) in [6.07, 6.45) is 1.74. The summed E-state index contributed by atoms with van der Waals surface area (Å²) < 4.78 is 0. The first-order valence-corrected chi connectivity index (χ1v) is 5.80. The van der Waals surface area contributed by atoms with Crippen LogP contribution in [0.25, 0.3) is 0 Å². The average molecular weight is 222 g/mol. The molecule has 0 saturated carbocycles. The number of nitrogens with one attached hydrogen (secondary N) is 1. The van der Waals surface area contributed by atoms with Crippen molar-refractivity contribution in [2.24, 2.45) is 0 Å². The molecule has 1 aromatic heterocycles. The summed E-state index contributed by atoms with van der Waals surface area (Å²) in [5.74, 6) is 0.674. The van der Waals surface area contributed by atoms with Gasteiger partial charge in [0.1, 0.15) is 6.04 Å². The second kappa shape index (κ2) is 6.38. The third kappa shape index (κ3) is 4.28. The van der Waals surface area contributed by atoms with E-state index in [9.17, 15) is 0 Å². The van der Waals surface area contributed by atoms with Crippen molar-refractivity contribution >= 4 is 11.8 Å². The van der Waals surface area contributed by atoms with Gasteiger partial charge in [0.05, 0.1) is 6.07 Å². The Hall–Kier alpha value is -1.12. The van der Waals surface area contributed by atoms with Crippen molar-refractivity contribution in [3.63, 3.8) is 0 Å². The van der Waals surface area contributed by atoms with Crippen molar-refractivity contribution in [2.45, 2.75) is 25.0 Å². The molecular weight excluding hydrogens is 208 g/mol. The molecule has 1 N–H and O–H groups in total. The van der Waals surface area contributed by atoms with Crippen LogP contribution in [0.4, 0.5) is 0 Å². The van der Waals surface area contributed by atoms with Gasteiger partial charge in [0.2, 0.25) is 0 Å². The number of aromatic nitrogens is 2. The van der Waals surface area contributed by atoms with Crippen molar-refractivity contribution in [1.29, 1.82) is 5.26 Å². The molecule has 1 aromatic rings. The predicted octanol–water partition coefficient (Wildman–Crippen LogP) is 1.38. The smallest absolute Gasteiger partial charge is 0.187 e. The fourth-order valence-electron chi connectivity index (χ4n) is 1.04. The van der Waals surface area contributed by atoms with Crippen LogP contribution in [-0.4, -0.2) is 28.3 Å². The minimum absolute atomic E-state index is 0.135. The molecule has 0 bridgehead atoms. The highest BCUT2D eigenvalue weighted by atomic mass is 32.2. The number of aryl methyl sites for hydroxylation is 1. The predicted molar refractivity (Wildman–Crippen MR) is 60.6 cm³/mol. The van der Waals surface area contributed by atoms with E-state index in [1.54, 1.807) is 6.20 Å². The van der Waals surface area contributed by atoms with E-state index in [0.29, 0.717) is 5.75 Å². The van der Waals surface area contributed by atoms with E-state index in [4.69, 9.17) is 5.26 Å². The number of rotatable bonds is 5. The number of hydrogen-bond donors (Lipinski definition) is 1. The number of thioether (sulfide) groups is 1. The Kier molecular flexibility index (Phi) is 5.08. The van der Waals surface area contributed by atoms with Crippen LogP contribution in [0.3, 0.4) is 0 Å². The maximum absolute atomic E-state index is 8.82. The standard InChI is InChI=1S/C10H14N4S/c1-3-12-9(6-11)7-15-10-13-5-4-8(2)14-10/h4-5,9,12H,3,7H2,1-2H3. The minimum Gasteiger partial charge on any atom is -0.302 e. The molecule has 0 saturated heterocycles. The Bertz CT molecular complexity index is 348. The third-order valence-corrected chi connectivity index (χ3v) is 2.71. The highest BCUT2D eigenvalue weighted by Gasteiger charge is 2.07. The summed E-state index contributed by atoms with van der Waals surface area (Å²) in [5, 5.41) is 12.6. The largest absolute Gasteiger partial charge is 0.302 e. The van der Waals surface area contributed by atoms with E-state index in [2.05, 4.69) is 21.4 Å². The molecule has 1 atom stereocenters. The Morgan fingerprint density at radius 2 is 2.47 bits per heavy atom. The quantitative estimate of drug-likeness (QED) is 0.602. The molecular formula is C10H14N4S. The highest BCUT2D eigenvalue weighted by molar-refractivity contribution is 7.99. The van der Waals surface area contributed by atoms with Gasteiger partial charge in [0.25, 0.3) is 0 Å². The van der Waals surface area contributed by atoms with E-state index in [1.165, 1.54) is 11.8 Å². The van der Waals surface area contributed by atoms with Crippen molar-refractivity contribution in [1.82, 2.24) is 15.3 Å². The zero-order valence-corrected chi connectivity index (χ0v) is 9.71. The molecule has 0 aliphatic carbocycles. The molecule has 15 heavy (non-hydrogen) atoms. The highest BCUT2D eigenvalue weighted by Crippen LogP contribution is 2.13. The van der Waals surface area contributed by atoms with Gasteiger partial charge in [-0.25, -0.2) is 9.97 Å². The van der Waals surface area contributed by atoms with E-state index < -0.39 is 0 Å². The summed E-state index contributed by atoms with van der Waals surface area (Å²) in [4.78, 5) is 8.37.